The van der Waals surface area contributed by atoms with Gasteiger partial charge in [-0.15, -0.1) is 0 Å². The van der Waals surface area contributed by atoms with E-state index < -0.39 is 23.7 Å². The van der Waals surface area contributed by atoms with Crippen LogP contribution in [0.5, 0.6) is 0 Å². The van der Waals surface area contributed by atoms with Gasteiger partial charge in [0.1, 0.15) is 11.7 Å². The Hall–Kier alpha value is -2.31. The van der Waals surface area contributed by atoms with Gasteiger partial charge in [-0.3, -0.25) is 4.79 Å². The number of hydrogen-bond donors (Lipinski definition) is 1. The molecule has 0 aromatic heterocycles. The normalized spacial score (nSPS) is 20.0. The Morgan fingerprint density at radius 2 is 1.96 bits per heavy atom. The molecule has 0 spiro atoms. The summed E-state index contributed by atoms with van der Waals surface area (Å²) in [4.78, 5) is 18.2. The molecule has 2 aromatic carbocycles. The summed E-state index contributed by atoms with van der Waals surface area (Å²) in [5, 5.41) is 10.3. The number of thiocarbonyl (C=S) groups is 1. The third kappa shape index (κ3) is 3.22. The van der Waals surface area contributed by atoms with Gasteiger partial charge in [0, 0.05) is 17.1 Å². The first-order chi connectivity index (χ1) is 12.5. The van der Waals surface area contributed by atoms with E-state index in [1.165, 1.54) is 12.1 Å². The second kappa shape index (κ2) is 7.51. The van der Waals surface area contributed by atoms with Gasteiger partial charge in [-0.2, -0.15) is 0 Å². The van der Waals surface area contributed by atoms with Crippen molar-refractivity contribution in [3.63, 3.8) is 0 Å². The monoisotopic (exact) mass is 390 g/mol. The van der Waals surface area contributed by atoms with Gasteiger partial charge in [0.2, 0.25) is 0 Å². The van der Waals surface area contributed by atoms with Gasteiger partial charge in [-0.25, -0.2) is 9.38 Å². The molecule has 0 radical (unpaired) electrons. The molecule has 0 fully saturated rings. The summed E-state index contributed by atoms with van der Waals surface area (Å²) >= 11 is 11.6. The molecule has 1 heterocycles. The second-order valence-corrected chi connectivity index (χ2v) is 6.60. The average molecular weight is 391 g/mol. The van der Waals surface area contributed by atoms with Crippen molar-refractivity contribution in [2.24, 2.45) is 10.9 Å². The van der Waals surface area contributed by atoms with Crippen LogP contribution in [0.25, 0.3) is 0 Å². The number of carboxylic acids is 1. The van der Waals surface area contributed by atoms with Gasteiger partial charge in [-0.05, 0) is 36.8 Å². The van der Waals surface area contributed by atoms with Crippen LogP contribution in [0.15, 0.2) is 53.5 Å². The summed E-state index contributed by atoms with van der Waals surface area (Å²) in [5.41, 5.74) is 1.06. The van der Waals surface area contributed by atoms with Crippen LogP contribution in [-0.4, -0.2) is 33.3 Å². The van der Waals surface area contributed by atoms with Gasteiger partial charge >= 0.3 is 5.97 Å². The molecule has 26 heavy (non-hydrogen) atoms. The SMILES string of the molecule is CCN1C(=S)N=C(c2ccccc2)C(C(=O)O)C1c1c(F)cccc1Cl. The van der Waals surface area contributed by atoms with Crippen LogP contribution < -0.4 is 0 Å². The van der Waals surface area contributed by atoms with E-state index in [1.807, 2.05) is 13.0 Å². The Morgan fingerprint density at radius 3 is 2.54 bits per heavy atom. The van der Waals surface area contributed by atoms with Gasteiger partial charge < -0.3 is 10.0 Å². The minimum Gasteiger partial charge on any atom is -0.481 e. The maximum atomic E-state index is 14.7. The molecule has 4 nitrogen and oxygen atoms in total. The molecule has 1 aliphatic rings. The summed E-state index contributed by atoms with van der Waals surface area (Å²) in [6.07, 6.45) is 0. The predicted molar refractivity (Wildman–Crippen MR) is 103 cm³/mol. The highest BCUT2D eigenvalue weighted by Crippen LogP contribution is 2.40. The van der Waals surface area contributed by atoms with Crippen LogP contribution in [0.3, 0.4) is 0 Å². The molecule has 0 aliphatic carbocycles. The van der Waals surface area contributed by atoms with E-state index in [9.17, 15) is 14.3 Å². The molecule has 1 N–H and O–H groups in total. The maximum absolute atomic E-state index is 14.7. The van der Waals surface area contributed by atoms with Gasteiger partial charge in [0.05, 0.1) is 11.8 Å². The van der Waals surface area contributed by atoms with Gasteiger partial charge in [0.15, 0.2) is 5.11 Å². The quantitative estimate of drug-likeness (QED) is 0.789. The fourth-order valence-corrected chi connectivity index (χ4v) is 3.85. The van der Waals surface area contributed by atoms with E-state index in [0.29, 0.717) is 17.8 Å². The highest BCUT2D eigenvalue weighted by atomic mass is 35.5. The Morgan fingerprint density at radius 1 is 1.27 bits per heavy atom. The maximum Gasteiger partial charge on any atom is 0.315 e. The first-order valence-corrected chi connectivity index (χ1v) is 8.85. The summed E-state index contributed by atoms with van der Waals surface area (Å²) in [6, 6.07) is 12.3. The highest BCUT2D eigenvalue weighted by molar-refractivity contribution is 7.80. The molecule has 0 amide bonds. The smallest absolute Gasteiger partial charge is 0.315 e. The van der Waals surface area contributed by atoms with Crippen LogP contribution in [0, 0.1) is 11.7 Å². The van der Waals surface area contributed by atoms with Crippen LogP contribution in [-0.2, 0) is 4.79 Å². The van der Waals surface area contributed by atoms with Crippen molar-refractivity contribution < 1.29 is 14.3 Å². The minimum atomic E-state index is -1.11. The number of carboxylic acid groups (broad SMARTS) is 1. The zero-order valence-corrected chi connectivity index (χ0v) is 15.5. The lowest BCUT2D eigenvalue weighted by Gasteiger charge is -2.40. The molecule has 134 valence electrons. The molecule has 0 saturated carbocycles. The van der Waals surface area contributed by atoms with Crippen LogP contribution in [0.4, 0.5) is 4.39 Å². The van der Waals surface area contributed by atoms with Gasteiger partial charge in [-0.1, -0.05) is 48.0 Å². The molecule has 1 aliphatic heterocycles. The fourth-order valence-electron chi connectivity index (χ4n) is 3.24. The zero-order chi connectivity index (χ0) is 18.8. The predicted octanol–water partition coefficient (Wildman–Crippen LogP) is 4.33. The van der Waals surface area contributed by atoms with Crippen molar-refractivity contribution in [2.75, 3.05) is 6.54 Å². The van der Waals surface area contributed by atoms with E-state index in [-0.39, 0.29) is 15.7 Å². The van der Waals surface area contributed by atoms with E-state index in [1.54, 1.807) is 35.2 Å². The third-order valence-electron chi connectivity index (χ3n) is 4.38. The zero-order valence-electron chi connectivity index (χ0n) is 13.9. The van der Waals surface area contributed by atoms with Crippen LogP contribution >= 0.6 is 23.8 Å². The first kappa shape index (κ1) is 18.5. The lowest BCUT2D eigenvalue weighted by Crippen LogP contribution is -2.47. The molecule has 7 heteroatoms. The largest absolute Gasteiger partial charge is 0.481 e. The number of hydrogen-bond acceptors (Lipinski definition) is 2. The average Bonchev–Trinajstić information content (AvgIpc) is 2.61. The summed E-state index contributed by atoms with van der Waals surface area (Å²) < 4.78 is 14.7. The van der Waals surface area contributed by atoms with Crippen molar-refractivity contribution in [2.45, 2.75) is 13.0 Å². The van der Waals surface area contributed by atoms with Crippen LogP contribution in [0.1, 0.15) is 24.1 Å². The third-order valence-corrected chi connectivity index (χ3v) is 5.04. The summed E-state index contributed by atoms with van der Waals surface area (Å²) in [6.45, 7) is 2.19. The molecule has 2 unspecified atom stereocenters. The Balaban J connectivity index is 2.25. The number of nitrogens with zero attached hydrogens (tertiary/aromatic N) is 2. The standard InChI is InChI=1S/C19H16ClFN2O2S/c1-2-23-17(14-12(20)9-6-10-13(14)21)15(18(24)25)16(22-19(23)26)11-7-4-3-5-8-11/h3-10,15,17H,2H2,1H3,(H,24,25). The summed E-state index contributed by atoms with van der Waals surface area (Å²) in [7, 11) is 0. The number of carbonyl (C=O) groups is 1. The Kier molecular flexibility index (Phi) is 5.34. The topological polar surface area (TPSA) is 52.9 Å². The van der Waals surface area contributed by atoms with Crippen LogP contribution in [0.2, 0.25) is 5.02 Å². The van der Waals surface area contributed by atoms with Crippen molar-refractivity contribution in [1.29, 1.82) is 0 Å². The number of rotatable bonds is 4. The molecular formula is C19H16ClFN2O2S. The van der Waals surface area contributed by atoms with Crippen molar-refractivity contribution >= 4 is 40.6 Å². The molecule has 2 atom stereocenters. The fraction of sp³-hybridized carbons (Fsp3) is 0.211. The Bertz CT molecular complexity index is 868. The Labute approximate surface area is 160 Å². The molecule has 0 saturated heterocycles. The van der Waals surface area contributed by atoms with Crippen molar-refractivity contribution in [1.82, 2.24) is 4.90 Å². The van der Waals surface area contributed by atoms with Crippen molar-refractivity contribution in [3.8, 4) is 0 Å². The molecule has 3 rings (SSSR count). The van der Waals surface area contributed by atoms with Gasteiger partial charge in [0.25, 0.3) is 0 Å². The number of halogens is 2. The van der Waals surface area contributed by atoms with E-state index in [0.717, 1.165) is 0 Å². The summed E-state index contributed by atoms with van der Waals surface area (Å²) in [5.74, 6) is -2.79. The van der Waals surface area contributed by atoms with E-state index >= 15 is 0 Å². The molecule has 0 bridgehead atoms. The number of aliphatic carboxylic acids is 1. The minimum absolute atomic E-state index is 0.120. The van der Waals surface area contributed by atoms with E-state index in [4.69, 9.17) is 23.8 Å². The second-order valence-electron chi connectivity index (χ2n) is 5.83. The van der Waals surface area contributed by atoms with E-state index in [2.05, 4.69) is 4.99 Å². The molecular weight excluding hydrogens is 375 g/mol. The first-order valence-electron chi connectivity index (χ1n) is 8.07. The molecule has 2 aromatic rings. The van der Waals surface area contributed by atoms with Crippen molar-refractivity contribution in [3.05, 3.63) is 70.5 Å². The highest BCUT2D eigenvalue weighted by Gasteiger charge is 2.44. The number of benzene rings is 2. The number of aliphatic imine (C=N–C) groups is 1. The lowest BCUT2D eigenvalue weighted by atomic mass is 9.83. The lowest BCUT2D eigenvalue weighted by molar-refractivity contribution is -0.141.